The molecule has 0 spiro atoms. The minimum absolute atomic E-state index is 0.165. The lowest BCUT2D eigenvalue weighted by molar-refractivity contribution is -0.124. The normalized spacial score (nSPS) is 19.7. The lowest BCUT2D eigenvalue weighted by atomic mass is 9.84. The highest BCUT2D eigenvalue weighted by atomic mass is 16.1. The van der Waals surface area contributed by atoms with E-state index in [4.69, 9.17) is 0 Å². The molecule has 0 aromatic carbocycles. The fraction of sp³-hybridized carbons (Fsp3) is 0.562. The number of carbonyl (C=O) groups excluding carboxylic acids is 1. The molecule has 1 aliphatic carbocycles. The monoisotopic (exact) mass is 271 g/mol. The Labute approximate surface area is 119 Å². The van der Waals surface area contributed by atoms with Crippen molar-refractivity contribution >= 4 is 16.9 Å². The summed E-state index contributed by atoms with van der Waals surface area (Å²) in [6, 6.07) is 2.10. The summed E-state index contributed by atoms with van der Waals surface area (Å²) >= 11 is 0. The van der Waals surface area contributed by atoms with Gasteiger partial charge in [-0.25, -0.2) is 9.97 Å². The number of ketones is 1. The van der Waals surface area contributed by atoms with Gasteiger partial charge in [-0.15, -0.1) is 0 Å². The van der Waals surface area contributed by atoms with E-state index in [1.165, 1.54) is 12.0 Å². The average molecular weight is 271 g/mol. The van der Waals surface area contributed by atoms with Crippen molar-refractivity contribution in [3.05, 3.63) is 23.1 Å². The Bertz CT molecular complexity index is 644. The van der Waals surface area contributed by atoms with Gasteiger partial charge in [-0.1, -0.05) is 13.3 Å². The van der Waals surface area contributed by atoms with E-state index in [0.29, 0.717) is 5.78 Å². The van der Waals surface area contributed by atoms with Crippen LogP contribution in [0.15, 0.2) is 6.07 Å². The first-order valence-electron chi connectivity index (χ1n) is 7.55. The van der Waals surface area contributed by atoms with Crippen molar-refractivity contribution < 1.29 is 4.79 Å². The first-order chi connectivity index (χ1) is 9.67. The summed E-state index contributed by atoms with van der Waals surface area (Å²) in [5.74, 6) is 1.55. The molecule has 4 nitrogen and oxygen atoms in total. The van der Waals surface area contributed by atoms with Crippen LogP contribution in [0.5, 0.6) is 0 Å². The summed E-state index contributed by atoms with van der Waals surface area (Å²) in [5, 5.41) is 0. The maximum absolute atomic E-state index is 11.9. The molecule has 20 heavy (non-hydrogen) atoms. The van der Waals surface area contributed by atoms with Gasteiger partial charge in [0.05, 0.1) is 5.52 Å². The van der Waals surface area contributed by atoms with Gasteiger partial charge in [0, 0.05) is 24.5 Å². The fourth-order valence-corrected chi connectivity index (χ4v) is 3.05. The number of pyridine rings is 1. The molecule has 0 bridgehead atoms. The standard InChI is InChI=1S/C16H21N3O/c1-3-14-18-15-10(2)8-12(17-16(15)19-14)9-11-6-4-5-7-13(11)20/h8,11H,3-7,9H2,1-2H3,(H,17,18,19). The molecule has 2 aromatic heterocycles. The number of fused-ring (bicyclic) bond motifs is 1. The molecular weight excluding hydrogens is 250 g/mol. The number of aryl methyl sites for hydroxylation is 2. The fourth-order valence-electron chi connectivity index (χ4n) is 3.05. The van der Waals surface area contributed by atoms with Crippen LogP contribution in [0.4, 0.5) is 0 Å². The number of hydrogen-bond donors (Lipinski definition) is 1. The van der Waals surface area contributed by atoms with Gasteiger partial charge in [-0.2, -0.15) is 0 Å². The Hall–Kier alpha value is -1.71. The lowest BCUT2D eigenvalue weighted by Gasteiger charge is -2.20. The molecule has 4 heteroatoms. The van der Waals surface area contributed by atoms with Gasteiger partial charge in [0.2, 0.25) is 0 Å². The Morgan fingerprint density at radius 3 is 2.95 bits per heavy atom. The average Bonchev–Trinajstić information content (AvgIpc) is 2.85. The Morgan fingerprint density at radius 1 is 1.35 bits per heavy atom. The van der Waals surface area contributed by atoms with Gasteiger partial charge in [0.1, 0.15) is 11.6 Å². The molecule has 2 heterocycles. The summed E-state index contributed by atoms with van der Waals surface area (Å²) in [6.07, 6.45) is 5.63. The number of nitrogens with zero attached hydrogens (tertiary/aromatic N) is 2. The number of nitrogens with one attached hydrogen (secondary N) is 1. The van der Waals surface area contributed by atoms with E-state index < -0.39 is 0 Å². The zero-order chi connectivity index (χ0) is 14.1. The van der Waals surface area contributed by atoms with Crippen LogP contribution in [0, 0.1) is 12.8 Å². The first kappa shape index (κ1) is 13.3. The largest absolute Gasteiger partial charge is 0.340 e. The van der Waals surface area contributed by atoms with Gasteiger partial charge in [0.25, 0.3) is 0 Å². The molecule has 1 saturated carbocycles. The van der Waals surface area contributed by atoms with Crippen molar-refractivity contribution in [1.29, 1.82) is 0 Å². The van der Waals surface area contributed by atoms with E-state index in [2.05, 4.69) is 34.9 Å². The predicted octanol–water partition coefficient (Wildman–Crippen LogP) is 3.13. The van der Waals surface area contributed by atoms with Crippen LogP contribution in [0.25, 0.3) is 11.2 Å². The third kappa shape index (κ3) is 2.47. The summed E-state index contributed by atoms with van der Waals surface area (Å²) in [6.45, 7) is 4.16. The summed E-state index contributed by atoms with van der Waals surface area (Å²) in [5.41, 5.74) is 3.99. The third-order valence-corrected chi connectivity index (χ3v) is 4.23. The molecule has 2 aromatic rings. The van der Waals surface area contributed by atoms with E-state index in [9.17, 15) is 4.79 Å². The van der Waals surface area contributed by atoms with Gasteiger partial charge in [0.15, 0.2) is 5.65 Å². The molecule has 1 aliphatic rings. The Kier molecular flexibility index (Phi) is 3.55. The zero-order valence-electron chi connectivity index (χ0n) is 12.2. The second kappa shape index (κ2) is 5.35. The summed E-state index contributed by atoms with van der Waals surface area (Å²) < 4.78 is 0. The van der Waals surface area contributed by atoms with Crippen molar-refractivity contribution in [2.24, 2.45) is 5.92 Å². The van der Waals surface area contributed by atoms with E-state index >= 15 is 0 Å². The smallest absolute Gasteiger partial charge is 0.178 e. The van der Waals surface area contributed by atoms with Gasteiger partial charge in [-0.05, 0) is 37.8 Å². The number of H-pyrrole nitrogens is 1. The molecule has 3 rings (SSSR count). The van der Waals surface area contributed by atoms with Crippen molar-refractivity contribution in [2.75, 3.05) is 0 Å². The number of carbonyl (C=O) groups is 1. The number of aromatic amines is 1. The second-order valence-electron chi connectivity index (χ2n) is 5.78. The van der Waals surface area contributed by atoms with Crippen molar-refractivity contribution in [1.82, 2.24) is 15.0 Å². The SMILES string of the molecule is CCc1nc2nc(CC3CCCCC3=O)cc(C)c2[nH]1. The highest BCUT2D eigenvalue weighted by Gasteiger charge is 2.23. The van der Waals surface area contributed by atoms with Crippen LogP contribution in [0.1, 0.15) is 49.7 Å². The summed E-state index contributed by atoms with van der Waals surface area (Å²) in [7, 11) is 0. The van der Waals surface area contributed by atoms with E-state index in [1.54, 1.807) is 0 Å². The molecule has 0 saturated heterocycles. The quantitative estimate of drug-likeness (QED) is 0.933. The van der Waals surface area contributed by atoms with Gasteiger partial charge in [-0.3, -0.25) is 4.79 Å². The minimum Gasteiger partial charge on any atom is -0.340 e. The summed E-state index contributed by atoms with van der Waals surface area (Å²) in [4.78, 5) is 24.4. The van der Waals surface area contributed by atoms with E-state index in [-0.39, 0.29) is 5.92 Å². The number of Topliss-reactive ketones (excluding diaryl/α,β-unsaturated/α-hetero) is 1. The van der Waals surface area contributed by atoms with Crippen LogP contribution in [0.3, 0.4) is 0 Å². The molecule has 0 amide bonds. The maximum atomic E-state index is 11.9. The third-order valence-electron chi connectivity index (χ3n) is 4.23. The molecule has 0 aliphatic heterocycles. The highest BCUT2D eigenvalue weighted by Crippen LogP contribution is 2.25. The second-order valence-corrected chi connectivity index (χ2v) is 5.78. The van der Waals surface area contributed by atoms with Crippen molar-refractivity contribution in [3.8, 4) is 0 Å². The van der Waals surface area contributed by atoms with Crippen LogP contribution in [-0.2, 0) is 17.6 Å². The van der Waals surface area contributed by atoms with Gasteiger partial charge < -0.3 is 4.98 Å². The number of rotatable bonds is 3. The van der Waals surface area contributed by atoms with Crippen LogP contribution in [0.2, 0.25) is 0 Å². The van der Waals surface area contributed by atoms with E-state index in [1.807, 2.05) is 0 Å². The molecule has 1 atom stereocenters. The first-order valence-corrected chi connectivity index (χ1v) is 7.55. The number of imidazole rings is 1. The van der Waals surface area contributed by atoms with Crippen LogP contribution >= 0.6 is 0 Å². The highest BCUT2D eigenvalue weighted by molar-refractivity contribution is 5.82. The van der Waals surface area contributed by atoms with Crippen LogP contribution in [-0.4, -0.2) is 20.7 Å². The molecule has 1 unspecified atom stereocenters. The van der Waals surface area contributed by atoms with E-state index in [0.717, 1.165) is 54.8 Å². The molecule has 1 fully saturated rings. The lowest BCUT2D eigenvalue weighted by Crippen LogP contribution is -2.21. The molecule has 1 N–H and O–H groups in total. The predicted molar refractivity (Wildman–Crippen MR) is 78.7 cm³/mol. The van der Waals surface area contributed by atoms with Crippen LogP contribution < -0.4 is 0 Å². The molecular formula is C16H21N3O. The molecule has 0 radical (unpaired) electrons. The van der Waals surface area contributed by atoms with Crippen molar-refractivity contribution in [2.45, 2.75) is 52.4 Å². The topological polar surface area (TPSA) is 58.6 Å². The minimum atomic E-state index is 0.165. The Balaban J connectivity index is 1.89. The van der Waals surface area contributed by atoms with Gasteiger partial charge >= 0.3 is 0 Å². The number of hydrogen-bond acceptors (Lipinski definition) is 3. The Morgan fingerprint density at radius 2 is 2.20 bits per heavy atom. The zero-order valence-corrected chi connectivity index (χ0v) is 12.2. The van der Waals surface area contributed by atoms with Crippen molar-refractivity contribution in [3.63, 3.8) is 0 Å². The molecule has 106 valence electrons. The maximum Gasteiger partial charge on any atom is 0.178 e. The number of aromatic nitrogens is 3.